The minimum absolute atomic E-state index is 0.201. The van der Waals surface area contributed by atoms with Gasteiger partial charge in [0.1, 0.15) is 0 Å². The van der Waals surface area contributed by atoms with Crippen LogP contribution in [0.2, 0.25) is 5.02 Å². The van der Waals surface area contributed by atoms with Crippen LogP contribution in [0.5, 0.6) is 0 Å². The Morgan fingerprint density at radius 2 is 2.12 bits per heavy atom. The van der Waals surface area contributed by atoms with Crippen LogP contribution in [0.3, 0.4) is 0 Å². The van der Waals surface area contributed by atoms with Crippen LogP contribution in [-0.4, -0.2) is 17.9 Å². The third-order valence-electron chi connectivity index (χ3n) is 1.95. The molecule has 2 amide bonds. The largest absolute Gasteiger partial charge is 0.370 e. The Morgan fingerprint density at radius 3 is 2.65 bits per heavy atom. The van der Waals surface area contributed by atoms with E-state index in [-0.39, 0.29) is 6.42 Å². The van der Waals surface area contributed by atoms with Gasteiger partial charge in [0, 0.05) is 3.57 Å². The molecule has 0 aliphatic rings. The molecule has 0 bridgehead atoms. The molecule has 5 nitrogen and oxygen atoms in total. The van der Waals surface area contributed by atoms with Crippen LogP contribution < -0.4 is 16.8 Å². The van der Waals surface area contributed by atoms with Crippen molar-refractivity contribution in [3.63, 3.8) is 0 Å². The summed E-state index contributed by atoms with van der Waals surface area (Å²) < 4.78 is 0.951. The summed E-state index contributed by atoms with van der Waals surface area (Å²) in [5.74, 6) is -1.12. The summed E-state index contributed by atoms with van der Waals surface area (Å²) >= 11 is 8.03. The highest BCUT2D eigenvalue weighted by atomic mass is 127. The van der Waals surface area contributed by atoms with Crippen LogP contribution in [0.1, 0.15) is 6.42 Å². The molecule has 1 aromatic rings. The van der Waals surface area contributed by atoms with E-state index in [1.807, 2.05) is 0 Å². The van der Waals surface area contributed by atoms with E-state index < -0.39 is 17.9 Å². The van der Waals surface area contributed by atoms with Gasteiger partial charge in [-0.1, -0.05) is 11.6 Å². The number of hydrogen-bond acceptors (Lipinski definition) is 3. The highest BCUT2D eigenvalue weighted by Gasteiger charge is 2.16. The second-order valence-electron chi connectivity index (χ2n) is 3.39. The monoisotopic (exact) mass is 367 g/mol. The van der Waals surface area contributed by atoms with Gasteiger partial charge in [0.15, 0.2) is 0 Å². The molecule has 7 heteroatoms. The van der Waals surface area contributed by atoms with Crippen molar-refractivity contribution in [3.8, 4) is 0 Å². The van der Waals surface area contributed by atoms with Crippen LogP contribution in [-0.2, 0) is 9.59 Å². The first kappa shape index (κ1) is 14.2. The number of nitrogens with two attached hydrogens (primary N) is 2. The Morgan fingerprint density at radius 1 is 1.47 bits per heavy atom. The molecule has 0 radical (unpaired) electrons. The lowest BCUT2D eigenvalue weighted by Crippen LogP contribution is -2.39. The molecule has 1 rings (SSSR count). The van der Waals surface area contributed by atoms with Crippen molar-refractivity contribution in [1.29, 1.82) is 0 Å². The van der Waals surface area contributed by atoms with E-state index in [4.69, 9.17) is 23.1 Å². The maximum Gasteiger partial charge on any atom is 0.241 e. The molecule has 17 heavy (non-hydrogen) atoms. The van der Waals surface area contributed by atoms with Gasteiger partial charge in [-0.2, -0.15) is 0 Å². The summed E-state index contributed by atoms with van der Waals surface area (Å²) in [6.45, 7) is 0. The molecule has 0 saturated carbocycles. The topological polar surface area (TPSA) is 98.2 Å². The van der Waals surface area contributed by atoms with Gasteiger partial charge in [0.25, 0.3) is 0 Å². The molecule has 0 heterocycles. The number of hydrogen-bond donors (Lipinski definition) is 3. The fourth-order valence-corrected chi connectivity index (χ4v) is 2.03. The Bertz CT molecular complexity index is 453. The van der Waals surface area contributed by atoms with Crippen molar-refractivity contribution in [3.05, 3.63) is 26.8 Å². The smallest absolute Gasteiger partial charge is 0.241 e. The minimum Gasteiger partial charge on any atom is -0.370 e. The van der Waals surface area contributed by atoms with E-state index in [1.165, 1.54) is 0 Å². The van der Waals surface area contributed by atoms with Crippen molar-refractivity contribution in [2.24, 2.45) is 11.5 Å². The molecule has 1 unspecified atom stereocenters. The van der Waals surface area contributed by atoms with E-state index in [1.54, 1.807) is 18.2 Å². The van der Waals surface area contributed by atoms with Crippen LogP contribution in [0.4, 0.5) is 5.69 Å². The number of nitrogens with one attached hydrogen (secondary N) is 1. The highest BCUT2D eigenvalue weighted by molar-refractivity contribution is 14.1. The first-order valence-electron chi connectivity index (χ1n) is 4.70. The fourth-order valence-electron chi connectivity index (χ4n) is 1.13. The second kappa shape index (κ2) is 6.18. The van der Waals surface area contributed by atoms with Crippen molar-refractivity contribution >= 4 is 51.7 Å². The third kappa shape index (κ3) is 4.49. The zero-order chi connectivity index (χ0) is 13.0. The van der Waals surface area contributed by atoms with Crippen LogP contribution in [0, 0.1) is 3.57 Å². The molecule has 1 aromatic carbocycles. The quantitative estimate of drug-likeness (QED) is 0.695. The maximum absolute atomic E-state index is 11.6. The average molecular weight is 368 g/mol. The van der Waals surface area contributed by atoms with Crippen molar-refractivity contribution in [2.75, 3.05) is 5.32 Å². The molecular formula is C10H11ClIN3O2. The lowest BCUT2D eigenvalue weighted by Gasteiger charge is -2.11. The molecule has 0 saturated heterocycles. The normalized spacial score (nSPS) is 11.9. The summed E-state index contributed by atoms with van der Waals surface area (Å²) in [6.07, 6.45) is -0.201. The molecule has 0 spiro atoms. The standard InChI is InChI=1S/C10H11ClIN3O2/c11-6-3-5(12)1-2-8(6)15-10(17)7(13)4-9(14)16/h1-3,7H,4,13H2,(H2,14,16)(H,15,17). The van der Waals surface area contributed by atoms with Gasteiger partial charge in [-0.25, -0.2) is 0 Å². The third-order valence-corrected chi connectivity index (χ3v) is 2.93. The molecule has 0 aliphatic carbocycles. The maximum atomic E-state index is 11.6. The van der Waals surface area contributed by atoms with Crippen molar-refractivity contribution < 1.29 is 9.59 Å². The molecule has 0 aliphatic heterocycles. The number of primary amides is 1. The van der Waals surface area contributed by atoms with Gasteiger partial charge in [-0.05, 0) is 40.8 Å². The van der Waals surface area contributed by atoms with Crippen molar-refractivity contribution in [2.45, 2.75) is 12.5 Å². The number of rotatable bonds is 4. The number of carbonyl (C=O) groups is 2. The lowest BCUT2D eigenvalue weighted by atomic mass is 10.2. The number of halogens is 2. The molecule has 0 aromatic heterocycles. The first-order chi connectivity index (χ1) is 7.90. The highest BCUT2D eigenvalue weighted by Crippen LogP contribution is 2.23. The van der Waals surface area contributed by atoms with Gasteiger partial charge in [-0.3, -0.25) is 9.59 Å². The molecule has 92 valence electrons. The summed E-state index contributed by atoms with van der Waals surface area (Å²) in [6, 6.07) is 4.20. The average Bonchev–Trinajstić information content (AvgIpc) is 2.21. The molecule has 5 N–H and O–H groups in total. The summed E-state index contributed by atoms with van der Waals surface area (Å²) in [5, 5.41) is 2.95. The van der Waals surface area contributed by atoms with E-state index in [9.17, 15) is 9.59 Å². The number of benzene rings is 1. The zero-order valence-corrected chi connectivity index (χ0v) is 11.7. The van der Waals surface area contributed by atoms with E-state index in [2.05, 4.69) is 27.9 Å². The lowest BCUT2D eigenvalue weighted by molar-refractivity contribution is -0.123. The Balaban J connectivity index is 2.71. The summed E-state index contributed by atoms with van der Waals surface area (Å²) in [7, 11) is 0. The molecule has 0 fully saturated rings. The Hall–Kier alpha value is -0.860. The molecular weight excluding hydrogens is 356 g/mol. The Labute approximate surface area is 117 Å². The van der Waals surface area contributed by atoms with Gasteiger partial charge < -0.3 is 16.8 Å². The predicted molar refractivity (Wildman–Crippen MR) is 74.6 cm³/mol. The summed E-state index contributed by atoms with van der Waals surface area (Å²) in [5.41, 5.74) is 10.9. The summed E-state index contributed by atoms with van der Waals surface area (Å²) in [4.78, 5) is 22.2. The zero-order valence-electron chi connectivity index (χ0n) is 8.74. The van der Waals surface area contributed by atoms with Crippen LogP contribution in [0.15, 0.2) is 18.2 Å². The Kier molecular flexibility index (Phi) is 5.16. The van der Waals surface area contributed by atoms with Gasteiger partial charge >= 0.3 is 0 Å². The van der Waals surface area contributed by atoms with Gasteiger partial charge in [-0.15, -0.1) is 0 Å². The van der Waals surface area contributed by atoms with Crippen molar-refractivity contribution in [1.82, 2.24) is 0 Å². The second-order valence-corrected chi connectivity index (χ2v) is 5.04. The van der Waals surface area contributed by atoms with Crippen LogP contribution in [0.25, 0.3) is 0 Å². The van der Waals surface area contributed by atoms with Gasteiger partial charge in [0.2, 0.25) is 11.8 Å². The first-order valence-corrected chi connectivity index (χ1v) is 6.15. The van der Waals surface area contributed by atoms with Crippen LogP contribution >= 0.6 is 34.2 Å². The number of anilines is 1. The predicted octanol–water partition coefficient (Wildman–Crippen LogP) is 1.09. The van der Waals surface area contributed by atoms with E-state index in [0.717, 1.165) is 3.57 Å². The fraction of sp³-hybridized carbons (Fsp3) is 0.200. The SMILES string of the molecule is NC(=O)CC(N)C(=O)Nc1ccc(I)cc1Cl. The van der Waals surface area contributed by atoms with E-state index in [0.29, 0.717) is 10.7 Å². The minimum atomic E-state index is -0.970. The number of carbonyl (C=O) groups excluding carboxylic acids is 2. The molecule has 1 atom stereocenters. The van der Waals surface area contributed by atoms with E-state index >= 15 is 0 Å². The number of amides is 2. The van der Waals surface area contributed by atoms with Gasteiger partial charge in [0.05, 0.1) is 23.2 Å².